The molecule has 1 aliphatic heterocycles. The lowest BCUT2D eigenvalue weighted by Crippen LogP contribution is -2.29. The highest BCUT2D eigenvalue weighted by atomic mass is 16.5. The molecule has 108 valence electrons. The smallest absolute Gasteiger partial charge is 0.238 e. The van der Waals surface area contributed by atoms with Crippen molar-refractivity contribution >= 4 is 11.6 Å². The average molecular weight is 282 g/mol. The van der Waals surface area contributed by atoms with E-state index in [1.165, 1.54) is 5.56 Å². The van der Waals surface area contributed by atoms with Crippen LogP contribution >= 0.6 is 0 Å². The first-order valence-electron chi connectivity index (χ1n) is 6.97. The molecule has 2 aromatic rings. The summed E-state index contributed by atoms with van der Waals surface area (Å²) in [5.74, 6) is 0.833. The molecule has 0 radical (unpaired) electrons. The number of fused-ring (bicyclic) bond motifs is 1. The maximum absolute atomic E-state index is 12.0. The molecule has 0 fully saturated rings. The largest absolute Gasteiger partial charge is 0.497 e. The summed E-state index contributed by atoms with van der Waals surface area (Å²) in [6.45, 7) is 1.87. The summed E-state index contributed by atoms with van der Waals surface area (Å²) in [5.41, 5.74) is 3.16. The van der Waals surface area contributed by atoms with Gasteiger partial charge in [0.2, 0.25) is 5.91 Å². The fraction of sp³-hybridized carbons (Fsp3) is 0.235. The molecule has 0 spiro atoms. The number of nitrogens with one attached hydrogen (secondary N) is 1. The van der Waals surface area contributed by atoms with E-state index in [4.69, 9.17) is 4.74 Å². The fourth-order valence-electron chi connectivity index (χ4n) is 2.59. The maximum atomic E-state index is 12.0. The number of carbonyl (C=O) groups excluding carboxylic acids is 1. The second-order valence-electron chi connectivity index (χ2n) is 5.20. The number of rotatable bonds is 3. The molecule has 4 nitrogen and oxygen atoms in total. The summed E-state index contributed by atoms with van der Waals surface area (Å²) in [6, 6.07) is 15.9. The second-order valence-corrected chi connectivity index (χ2v) is 5.20. The van der Waals surface area contributed by atoms with Crippen molar-refractivity contribution in [2.24, 2.45) is 0 Å². The molecule has 4 heteroatoms. The third-order valence-electron chi connectivity index (χ3n) is 3.60. The van der Waals surface area contributed by atoms with Gasteiger partial charge in [0.05, 0.1) is 13.7 Å². The third-order valence-corrected chi connectivity index (χ3v) is 3.60. The molecule has 0 saturated carbocycles. The van der Waals surface area contributed by atoms with E-state index < -0.39 is 0 Å². The van der Waals surface area contributed by atoms with Gasteiger partial charge in [-0.2, -0.15) is 0 Å². The Bertz CT molecular complexity index is 640. The van der Waals surface area contributed by atoms with Gasteiger partial charge in [-0.3, -0.25) is 9.69 Å². The molecule has 0 aliphatic carbocycles. The Morgan fingerprint density at radius 3 is 2.71 bits per heavy atom. The van der Waals surface area contributed by atoms with Gasteiger partial charge in [0.15, 0.2) is 0 Å². The van der Waals surface area contributed by atoms with Crippen LogP contribution in [0.25, 0.3) is 0 Å². The van der Waals surface area contributed by atoms with E-state index in [-0.39, 0.29) is 5.91 Å². The molecule has 1 amide bonds. The first-order valence-corrected chi connectivity index (χ1v) is 6.97. The molecular formula is C17H18N2O2. The van der Waals surface area contributed by atoms with Gasteiger partial charge < -0.3 is 10.1 Å². The van der Waals surface area contributed by atoms with Crippen LogP contribution in [0.1, 0.15) is 11.1 Å². The molecule has 1 heterocycles. The zero-order chi connectivity index (χ0) is 14.7. The van der Waals surface area contributed by atoms with E-state index in [2.05, 4.69) is 22.3 Å². The highest BCUT2D eigenvalue weighted by Gasteiger charge is 2.19. The number of hydrogen-bond acceptors (Lipinski definition) is 3. The van der Waals surface area contributed by atoms with Gasteiger partial charge in [0.1, 0.15) is 5.75 Å². The summed E-state index contributed by atoms with van der Waals surface area (Å²) >= 11 is 0. The Balaban J connectivity index is 1.84. The topological polar surface area (TPSA) is 41.6 Å². The highest BCUT2D eigenvalue weighted by molar-refractivity contribution is 5.93. The van der Waals surface area contributed by atoms with Gasteiger partial charge >= 0.3 is 0 Å². The van der Waals surface area contributed by atoms with E-state index in [0.717, 1.165) is 30.1 Å². The Morgan fingerprint density at radius 2 is 1.95 bits per heavy atom. The van der Waals surface area contributed by atoms with E-state index >= 15 is 0 Å². The molecule has 0 aromatic heterocycles. The number of nitrogens with zero attached hydrogens (tertiary/aromatic N) is 1. The van der Waals surface area contributed by atoms with Crippen LogP contribution in [-0.4, -0.2) is 24.5 Å². The van der Waals surface area contributed by atoms with Crippen molar-refractivity contribution in [2.75, 3.05) is 19.0 Å². The summed E-state index contributed by atoms with van der Waals surface area (Å²) < 4.78 is 5.27. The number of methoxy groups -OCH3 is 1. The van der Waals surface area contributed by atoms with Crippen LogP contribution in [0.4, 0.5) is 5.69 Å². The first-order chi connectivity index (χ1) is 10.2. The van der Waals surface area contributed by atoms with Crippen molar-refractivity contribution in [2.45, 2.75) is 13.1 Å². The van der Waals surface area contributed by atoms with Gasteiger partial charge in [-0.15, -0.1) is 0 Å². The number of carbonyl (C=O) groups is 1. The molecule has 2 aromatic carbocycles. The van der Waals surface area contributed by atoms with Gasteiger partial charge in [-0.05, 0) is 29.3 Å². The predicted octanol–water partition coefficient (Wildman–Crippen LogP) is 2.65. The maximum Gasteiger partial charge on any atom is 0.238 e. The standard InChI is InChI=1S/C17H18N2O2/c1-21-15-7-8-16-14(9-15)11-19(12-17(20)18-16)10-13-5-3-2-4-6-13/h2-9H,10-12H2,1H3,(H,18,20). The zero-order valence-electron chi connectivity index (χ0n) is 12.0. The van der Waals surface area contributed by atoms with Crippen molar-refractivity contribution in [3.05, 3.63) is 59.7 Å². The lowest BCUT2D eigenvalue weighted by Gasteiger charge is -2.19. The molecule has 21 heavy (non-hydrogen) atoms. The van der Waals surface area contributed by atoms with Gasteiger partial charge in [-0.1, -0.05) is 30.3 Å². The summed E-state index contributed by atoms with van der Waals surface area (Å²) in [4.78, 5) is 14.2. The summed E-state index contributed by atoms with van der Waals surface area (Å²) in [7, 11) is 1.65. The monoisotopic (exact) mass is 282 g/mol. The minimum atomic E-state index is 0.0230. The van der Waals surface area contributed by atoms with Crippen LogP contribution in [0.15, 0.2) is 48.5 Å². The highest BCUT2D eigenvalue weighted by Crippen LogP contribution is 2.26. The molecule has 0 saturated heterocycles. The van der Waals surface area contributed by atoms with Gasteiger partial charge in [0, 0.05) is 18.8 Å². The Morgan fingerprint density at radius 1 is 1.14 bits per heavy atom. The van der Waals surface area contributed by atoms with Crippen LogP contribution in [0.2, 0.25) is 0 Å². The summed E-state index contributed by atoms with van der Waals surface area (Å²) in [6.07, 6.45) is 0. The zero-order valence-corrected chi connectivity index (χ0v) is 12.0. The van der Waals surface area contributed by atoms with E-state index in [0.29, 0.717) is 6.54 Å². The minimum absolute atomic E-state index is 0.0230. The number of amides is 1. The average Bonchev–Trinajstić information content (AvgIpc) is 2.64. The Hall–Kier alpha value is -2.33. The fourth-order valence-corrected chi connectivity index (χ4v) is 2.59. The second kappa shape index (κ2) is 5.97. The predicted molar refractivity (Wildman–Crippen MR) is 82.2 cm³/mol. The first kappa shape index (κ1) is 13.6. The van der Waals surface area contributed by atoms with E-state index in [1.807, 2.05) is 36.4 Å². The van der Waals surface area contributed by atoms with Crippen molar-refractivity contribution < 1.29 is 9.53 Å². The molecule has 3 rings (SSSR count). The minimum Gasteiger partial charge on any atom is -0.497 e. The quantitative estimate of drug-likeness (QED) is 0.941. The van der Waals surface area contributed by atoms with Crippen molar-refractivity contribution in [1.29, 1.82) is 0 Å². The molecule has 0 unspecified atom stereocenters. The number of benzene rings is 2. The molecular weight excluding hydrogens is 264 g/mol. The number of hydrogen-bond donors (Lipinski definition) is 1. The van der Waals surface area contributed by atoms with Crippen molar-refractivity contribution in [3.63, 3.8) is 0 Å². The Labute approximate surface area is 124 Å². The molecule has 1 N–H and O–H groups in total. The van der Waals surface area contributed by atoms with Crippen LogP contribution in [-0.2, 0) is 17.9 Å². The van der Waals surface area contributed by atoms with Gasteiger partial charge in [0.25, 0.3) is 0 Å². The lowest BCUT2D eigenvalue weighted by atomic mass is 10.1. The lowest BCUT2D eigenvalue weighted by molar-refractivity contribution is -0.117. The van der Waals surface area contributed by atoms with Crippen LogP contribution in [0.3, 0.4) is 0 Å². The van der Waals surface area contributed by atoms with Crippen molar-refractivity contribution in [3.8, 4) is 5.75 Å². The van der Waals surface area contributed by atoms with Crippen LogP contribution < -0.4 is 10.1 Å². The van der Waals surface area contributed by atoms with E-state index in [1.54, 1.807) is 7.11 Å². The SMILES string of the molecule is COc1ccc2c(c1)CN(Cc1ccccc1)CC(=O)N2. The van der Waals surface area contributed by atoms with Crippen molar-refractivity contribution in [1.82, 2.24) is 4.90 Å². The molecule has 0 bridgehead atoms. The Kier molecular flexibility index (Phi) is 3.88. The molecule has 1 aliphatic rings. The van der Waals surface area contributed by atoms with E-state index in [9.17, 15) is 4.79 Å². The van der Waals surface area contributed by atoms with Crippen LogP contribution in [0.5, 0.6) is 5.75 Å². The third kappa shape index (κ3) is 3.23. The number of anilines is 1. The molecule has 0 atom stereocenters. The normalized spacial score (nSPS) is 15.0. The number of ether oxygens (including phenoxy) is 1. The summed E-state index contributed by atoms with van der Waals surface area (Å²) in [5, 5.41) is 2.95. The van der Waals surface area contributed by atoms with Crippen LogP contribution in [0, 0.1) is 0 Å². The van der Waals surface area contributed by atoms with Gasteiger partial charge in [-0.25, -0.2) is 0 Å².